The summed E-state index contributed by atoms with van der Waals surface area (Å²) in [6, 6.07) is 4.19. The normalized spacial score (nSPS) is 18.4. The van der Waals surface area contributed by atoms with Gasteiger partial charge in [-0.3, -0.25) is 4.79 Å². The first-order valence-electron chi connectivity index (χ1n) is 7.92. The summed E-state index contributed by atoms with van der Waals surface area (Å²) >= 11 is 0. The zero-order valence-corrected chi connectivity index (χ0v) is 13.4. The maximum Gasteiger partial charge on any atom is 0.431 e. The van der Waals surface area contributed by atoms with Crippen LogP contribution in [0, 0.1) is 0 Å². The molecule has 6 nitrogen and oxygen atoms in total. The highest BCUT2D eigenvalue weighted by atomic mass is 19.4. The minimum absolute atomic E-state index is 0.0863. The zero-order valence-electron chi connectivity index (χ0n) is 13.4. The molecule has 3 rings (SSSR count). The highest BCUT2D eigenvalue weighted by Crippen LogP contribution is 2.33. The molecule has 2 aromatic rings. The molecule has 136 valence electrons. The van der Waals surface area contributed by atoms with Crippen LogP contribution in [-0.4, -0.2) is 47.9 Å². The van der Waals surface area contributed by atoms with Crippen LogP contribution >= 0.6 is 0 Å². The van der Waals surface area contributed by atoms with E-state index in [2.05, 4.69) is 10.3 Å². The Bertz CT molecular complexity index is 739. The van der Waals surface area contributed by atoms with Crippen molar-refractivity contribution in [2.24, 2.45) is 0 Å². The molecule has 1 amide bonds. The van der Waals surface area contributed by atoms with Gasteiger partial charge in [-0.25, -0.2) is 4.98 Å². The molecule has 0 saturated carbocycles. The molecule has 1 N–H and O–H groups in total. The fraction of sp³-hybridized carbons (Fsp3) is 0.500. The molecule has 0 aromatic carbocycles. The lowest BCUT2D eigenvalue weighted by atomic mass is 10.3. The van der Waals surface area contributed by atoms with Gasteiger partial charge in [-0.1, -0.05) is 0 Å². The van der Waals surface area contributed by atoms with Crippen LogP contribution in [0.5, 0.6) is 0 Å². The summed E-state index contributed by atoms with van der Waals surface area (Å²) in [7, 11) is 0. The summed E-state index contributed by atoms with van der Waals surface area (Å²) in [6.45, 7) is 1.55. The van der Waals surface area contributed by atoms with Crippen LogP contribution in [0.25, 0.3) is 11.0 Å². The Morgan fingerprint density at radius 2 is 2.24 bits per heavy atom. The van der Waals surface area contributed by atoms with Crippen LogP contribution in [-0.2, 0) is 27.0 Å². The van der Waals surface area contributed by atoms with E-state index in [-0.39, 0.29) is 37.2 Å². The number of pyridine rings is 1. The number of rotatable bonds is 5. The minimum atomic E-state index is -4.51. The molecular weight excluding hydrogens is 339 g/mol. The third-order valence-electron chi connectivity index (χ3n) is 3.92. The van der Waals surface area contributed by atoms with Gasteiger partial charge in [-0.2, -0.15) is 13.2 Å². The van der Waals surface area contributed by atoms with E-state index in [0.29, 0.717) is 25.2 Å². The number of fused-ring (bicyclic) bond motifs is 1. The predicted molar refractivity (Wildman–Crippen MR) is 82.9 cm³/mol. The van der Waals surface area contributed by atoms with Gasteiger partial charge in [0.05, 0.1) is 25.9 Å². The first-order valence-corrected chi connectivity index (χ1v) is 7.92. The number of alkyl halides is 3. The average Bonchev–Trinajstić information content (AvgIpc) is 2.98. The number of nitrogens with one attached hydrogen (secondary N) is 1. The topological polar surface area (TPSA) is 65.4 Å². The number of hydrogen-bond donors (Lipinski definition) is 1. The van der Waals surface area contributed by atoms with E-state index in [1.807, 2.05) is 0 Å². The molecule has 1 fully saturated rings. The van der Waals surface area contributed by atoms with Gasteiger partial charge in [0.1, 0.15) is 11.3 Å². The van der Waals surface area contributed by atoms with Gasteiger partial charge in [-0.15, -0.1) is 0 Å². The van der Waals surface area contributed by atoms with E-state index in [9.17, 15) is 18.0 Å². The maximum atomic E-state index is 13.2. The molecular formula is C16H18F3N3O3. The Morgan fingerprint density at radius 1 is 1.40 bits per heavy atom. The molecule has 0 radical (unpaired) electrons. The highest BCUT2D eigenvalue weighted by molar-refractivity contribution is 5.79. The van der Waals surface area contributed by atoms with Crippen molar-refractivity contribution in [3.8, 4) is 0 Å². The van der Waals surface area contributed by atoms with Gasteiger partial charge in [0.25, 0.3) is 0 Å². The molecule has 0 bridgehead atoms. The molecule has 1 atom stereocenters. The van der Waals surface area contributed by atoms with Crippen molar-refractivity contribution in [1.82, 2.24) is 14.9 Å². The first-order chi connectivity index (χ1) is 11.9. The van der Waals surface area contributed by atoms with Gasteiger partial charge >= 0.3 is 6.18 Å². The van der Waals surface area contributed by atoms with Crippen LogP contribution in [0.2, 0.25) is 0 Å². The number of carbonyl (C=O) groups is 1. The largest absolute Gasteiger partial charge is 0.431 e. The highest BCUT2D eigenvalue weighted by Gasteiger charge is 2.35. The van der Waals surface area contributed by atoms with Gasteiger partial charge in [-0.05, 0) is 18.2 Å². The average molecular weight is 357 g/mol. The maximum absolute atomic E-state index is 13.2. The predicted octanol–water partition coefficient (Wildman–Crippen LogP) is 1.98. The molecule has 2 aromatic heterocycles. The van der Waals surface area contributed by atoms with Crippen LogP contribution in [0.1, 0.15) is 12.1 Å². The molecule has 25 heavy (non-hydrogen) atoms. The van der Waals surface area contributed by atoms with Crippen LogP contribution in [0.3, 0.4) is 0 Å². The van der Waals surface area contributed by atoms with Crippen molar-refractivity contribution in [2.45, 2.75) is 25.2 Å². The summed E-state index contributed by atoms with van der Waals surface area (Å²) in [5.74, 6) is -0.347. The molecule has 1 unspecified atom stereocenters. The minimum Gasteiger partial charge on any atom is -0.376 e. The Balaban J connectivity index is 1.64. The number of amides is 1. The van der Waals surface area contributed by atoms with E-state index in [4.69, 9.17) is 9.47 Å². The third kappa shape index (κ3) is 4.29. The lowest BCUT2D eigenvalue weighted by Crippen LogP contribution is -2.39. The second-order valence-electron chi connectivity index (χ2n) is 5.72. The smallest absolute Gasteiger partial charge is 0.376 e. The number of halogens is 3. The Hall–Kier alpha value is -2.13. The lowest BCUT2D eigenvalue weighted by Gasteiger charge is -2.23. The fourth-order valence-electron chi connectivity index (χ4n) is 2.73. The van der Waals surface area contributed by atoms with E-state index >= 15 is 0 Å². The summed E-state index contributed by atoms with van der Waals surface area (Å²) in [5, 5.41) is 3.05. The third-order valence-corrected chi connectivity index (χ3v) is 3.92. The van der Waals surface area contributed by atoms with Gasteiger partial charge in [0, 0.05) is 31.1 Å². The summed E-state index contributed by atoms with van der Waals surface area (Å²) in [6.07, 6.45) is -3.39. The molecule has 1 saturated heterocycles. The van der Waals surface area contributed by atoms with E-state index in [0.717, 1.165) is 10.6 Å². The number of carbonyl (C=O) groups excluding carboxylic acids is 1. The van der Waals surface area contributed by atoms with Crippen LogP contribution < -0.4 is 5.32 Å². The zero-order chi connectivity index (χ0) is 17.9. The molecule has 0 spiro atoms. The van der Waals surface area contributed by atoms with Gasteiger partial charge < -0.3 is 19.4 Å². The van der Waals surface area contributed by atoms with Crippen LogP contribution in [0.4, 0.5) is 13.2 Å². The van der Waals surface area contributed by atoms with E-state index in [1.165, 1.54) is 6.20 Å². The van der Waals surface area contributed by atoms with Crippen molar-refractivity contribution in [2.75, 3.05) is 26.4 Å². The monoisotopic (exact) mass is 357 g/mol. The SMILES string of the molecule is O=C(CCn1c(C(F)(F)F)cc2cccnc21)NCC1COCCO1. The van der Waals surface area contributed by atoms with Crippen molar-refractivity contribution < 1.29 is 27.4 Å². The number of aromatic nitrogens is 2. The second-order valence-corrected chi connectivity index (χ2v) is 5.72. The molecule has 1 aliphatic rings. The number of ether oxygens (including phenoxy) is 2. The Labute approximate surface area is 141 Å². The summed E-state index contributed by atoms with van der Waals surface area (Å²) in [5.41, 5.74) is -0.593. The van der Waals surface area contributed by atoms with Gasteiger partial charge in [0.15, 0.2) is 0 Å². The summed E-state index contributed by atoms with van der Waals surface area (Å²) < 4.78 is 51.3. The molecule has 3 heterocycles. The molecule has 1 aliphatic heterocycles. The van der Waals surface area contributed by atoms with Gasteiger partial charge in [0.2, 0.25) is 5.91 Å². The second kappa shape index (κ2) is 7.40. The van der Waals surface area contributed by atoms with Crippen molar-refractivity contribution in [1.29, 1.82) is 0 Å². The van der Waals surface area contributed by atoms with E-state index in [1.54, 1.807) is 12.1 Å². The fourth-order valence-corrected chi connectivity index (χ4v) is 2.73. The lowest BCUT2D eigenvalue weighted by molar-refractivity contribution is -0.143. The van der Waals surface area contributed by atoms with E-state index < -0.39 is 11.9 Å². The number of aryl methyl sites for hydroxylation is 1. The first kappa shape index (κ1) is 17.7. The van der Waals surface area contributed by atoms with Crippen molar-refractivity contribution in [3.05, 3.63) is 30.1 Å². The van der Waals surface area contributed by atoms with Crippen molar-refractivity contribution >= 4 is 16.9 Å². The standard InChI is InChI=1S/C16H18F3N3O3/c17-16(18,19)13-8-11-2-1-4-20-15(11)22(13)5-3-14(23)21-9-12-10-24-6-7-25-12/h1-2,4,8,12H,3,5-7,9-10H2,(H,21,23). The Kier molecular flexibility index (Phi) is 5.24. The number of nitrogens with zero attached hydrogens (tertiary/aromatic N) is 2. The van der Waals surface area contributed by atoms with Crippen molar-refractivity contribution in [3.63, 3.8) is 0 Å². The number of hydrogen-bond acceptors (Lipinski definition) is 4. The summed E-state index contributed by atoms with van der Waals surface area (Å²) in [4.78, 5) is 16.0. The van der Waals surface area contributed by atoms with Crippen LogP contribution in [0.15, 0.2) is 24.4 Å². The quantitative estimate of drug-likeness (QED) is 0.889. The molecule has 9 heteroatoms. The molecule has 0 aliphatic carbocycles. The Morgan fingerprint density at radius 3 is 2.96 bits per heavy atom.